The van der Waals surface area contributed by atoms with Gasteiger partial charge >= 0.3 is 0 Å². The third-order valence-corrected chi connectivity index (χ3v) is 4.53. The van der Waals surface area contributed by atoms with Crippen LogP contribution in [-0.4, -0.2) is 19.1 Å². The molecule has 21 heavy (non-hydrogen) atoms. The number of halogens is 1. The molecule has 0 spiro atoms. The van der Waals surface area contributed by atoms with Gasteiger partial charge in [-0.2, -0.15) is 0 Å². The van der Waals surface area contributed by atoms with Gasteiger partial charge in [-0.25, -0.2) is 13.8 Å². The van der Waals surface area contributed by atoms with Crippen LogP contribution in [0.25, 0.3) is 0 Å². The lowest BCUT2D eigenvalue weighted by Crippen LogP contribution is -2.41. The predicted molar refractivity (Wildman–Crippen MR) is 87.8 cm³/mol. The van der Waals surface area contributed by atoms with Crippen LogP contribution in [0.2, 0.25) is 0 Å². The summed E-state index contributed by atoms with van der Waals surface area (Å²) in [6.07, 6.45) is 1.20. The van der Waals surface area contributed by atoms with E-state index in [0.29, 0.717) is 13.1 Å². The molecule has 4 nitrogen and oxygen atoms in total. The average Bonchev–Trinajstić information content (AvgIpc) is 2.45. The van der Waals surface area contributed by atoms with Crippen molar-refractivity contribution in [1.82, 2.24) is 9.84 Å². The molecule has 0 saturated carbocycles. The van der Waals surface area contributed by atoms with Gasteiger partial charge in [-0.15, -0.1) is 4.41 Å². The van der Waals surface area contributed by atoms with Crippen LogP contribution >= 0.6 is 15.9 Å². The summed E-state index contributed by atoms with van der Waals surface area (Å²) in [4.78, 5) is 0. The second-order valence-corrected chi connectivity index (χ2v) is 7.54. The monoisotopic (exact) mass is 368 g/mol. The molecule has 0 aliphatic heterocycles. The summed E-state index contributed by atoms with van der Waals surface area (Å²) in [6.45, 7) is 0.753. The van der Waals surface area contributed by atoms with Gasteiger partial charge < -0.3 is 0 Å². The van der Waals surface area contributed by atoms with Crippen molar-refractivity contribution in [3.05, 3.63) is 70.2 Å². The zero-order valence-corrected chi connectivity index (χ0v) is 14.1. The van der Waals surface area contributed by atoms with Crippen LogP contribution in [0.4, 0.5) is 0 Å². The third-order valence-electron chi connectivity index (χ3n) is 2.94. The molecule has 0 bridgehead atoms. The molecule has 0 atom stereocenters. The number of hydrogen-bond acceptors (Lipinski definition) is 3. The van der Waals surface area contributed by atoms with Crippen LogP contribution in [0.15, 0.2) is 59.1 Å². The van der Waals surface area contributed by atoms with Crippen molar-refractivity contribution >= 4 is 26.0 Å². The van der Waals surface area contributed by atoms with Crippen LogP contribution in [0, 0.1) is 0 Å². The summed E-state index contributed by atoms with van der Waals surface area (Å²) in [5.74, 6) is 0. The molecule has 2 aromatic rings. The van der Waals surface area contributed by atoms with Crippen LogP contribution in [0.1, 0.15) is 11.1 Å². The van der Waals surface area contributed by atoms with E-state index in [2.05, 4.69) is 21.4 Å². The van der Waals surface area contributed by atoms with Gasteiger partial charge in [0.1, 0.15) is 0 Å². The molecule has 0 saturated heterocycles. The average molecular weight is 369 g/mol. The van der Waals surface area contributed by atoms with Crippen LogP contribution < -0.4 is 5.43 Å². The summed E-state index contributed by atoms with van der Waals surface area (Å²) in [6, 6.07) is 17.3. The predicted octanol–water partition coefficient (Wildman–Crippen LogP) is 2.92. The van der Waals surface area contributed by atoms with E-state index >= 15 is 0 Å². The van der Waals surface area contributed by atoms with Crippen molar-refractivity contribution in [1.29, 1.82) is 0 Å². The van der Waals surface area contributed by atoms with Gasteiger partial charge in [0.25, 0.3) is 0 Å². The Hall–Kier alpha value is -1.21. The Balaban J connectivity index is 2.07. The van der Waals surface area contributed by atoms with Crippen molar-refractivity contribution in [3.8, 4) is 0 Å². The highest BCUT2D eigenvalue weighted by molar-refractivity contribution is 9.10. The molecule has 0 aromatic heterocycles. The Labute approximate surface area is 133 Å². The van der Waals surface area contributed by atoms with Crippen molar-refractivity contribution in [3.63, 3.8) is 0 Å². The van der Waals surface area contributed by atoms with E-state index in [9.17, 15) is 8.42 Å². The molecule has 0 fully saturated rings. The fraction of sp³-hybridized carbons (Fsp3) is 0.200. The molecule has 6 heteroatoms. The summed E-state index contributed by atoms with van der Waals surface area (Å²) in [7, 11) is -3.33. The van der Waals surface area contributed by atoms with Crippen molar-refractivity contribution in [2.45, 2.75) is 13.1 Å². The van der Waals surface area contributed by atoms with Crippen molar-refractivity contribution < 1.29 is 8.42 Å². The van der Waals surface area contributed by atoms with E-state index in [-0.39, 0.29) is 0 Å². The zero-order chi connectivity index (χ0) is 15.3. The van der Waals surface area contributed by atoms with Gasteiger partial charge in [-0.3, -0.25) is 0 Å². The lowest BCUT2D eigenvalue weighted by Gasteiger charge is -2.21. The molecule has 0 radical (unpaired) electrons. The van der Waals surface area contributed by atoms with Crippen molar-refractivity contribution in [2.75, 3.05) is 6.26 Å². The topological polar surface area (TPSA) is 49.4 Å². The zero-order valence-electron chi connectivity index (χ0n) is 11.7. The highest BCUT2D eigenvalue weighted by atomic mass is 79.9. The van der Waals surface area contributed by atoms with Crippen molar-refractivity contribution in [2.24, 2.45) is 0 Å². The van der Waals surface area contributed by atoms with Gasteiger partial charge in [0.2, 0.25) is 10.0 Å². The number of nitrogens with zero attached hydrogens (tertiary/aromatic N) is 1. The summed E-state index contributed by atoms with van der Waals surface area (Å²) in [5, 5.41) is 0. The van der Waals surface area contributed by atoms with E-state index < -0.39 is 10.0 Å². The quantitative estimate of drug-likeness (QED) is 0.797. The fourth-order valence-corrected chi connectivity index (χ4v) is 2.77. The van der Waals surface area contributed by atoms with E-state index in [0.717, 1.165) is 15.6 Å². The minimum absolute atomic E-state index is 0.291. The Morgan fingerprint density at radius 1 is 1.00 bits per heavy atom. The highest BCUT2D eigenvalue weighted by Gasteiger charge is 2.16. The summed E-state index contributed by atoms with van der Waals surface area (Å²) >= 11 is 3.37. The molecule has 0 unspecified atom stereocenters. The summed E-state index contributed by atoms with van der Waals surface area (Å²) < 4.78 is 26.0. The van der Waals surface area contributed by atoms with Gasteiger partial charge in [-0.05, 0) is 23.3 Å². The van der Waals surface area contributed by atoms with E-state index in [1.165, 1.54) is 10.7 Å². The Bertz CT molecular complexity index is 673. The maximum Gasteiger partial charge on any atom is 0.224 e. The SMILES string of the molecule is CS(=O)(=O)N(Cc1ccc(Br)cc1)NCc1ccccc1. The molecule has 0 heterocycles. The molecule has 0 aliphatic carbocycles. The number of nitrogens with one attached hydrogen (secondary N) is 1. The van der Waals surface area contributed by atoms with Gasteiger partial charge in [-0.1, -0.05) is 58.4 Å². The number of benzene rings is 2. The molecule has 2 rings (SSSR count). The number of hydrogen-bond donors (Lipinski definition) is 1. The van der Waals surface area contributed by atoms with E-state index in [1.54, 1.807) is 0 Å². The smallest absolute Gasteiger partial charge is 0.224 e. The minimum atomic E-state index is -3.33. The van der Waals surface area contributed by atoms with Crippen LogP contribution in [0.5, 0.6) is 0 Å². The molecule has 2 aromatic carbocycles. The first-order valence-electron chi connectivity index (χ1n) is 6.45. The number of hydrazine groups is 1. The highest BCUT2D eigenvalue weighted by Crippen LogP contribution is 2.13. The van der Waals surface area contributed by atoms with E-state index in [4.69, 9.17) is 0 Å². The standard InChI is InChI=1S/C15H17BrN2O2S/c1-21(19,20)18(12-14-7-9-15(16)10-8-14)17-11-13-5-3-2-4-6-13/h2-10,17H,11-12H2,1H3. The Morgan fingerprint density at radius 3 is 2.19 bits per heavy atom. The normalized spacial score (nSPS) is 11.8. The first kappa shape index (κ1) is 16.2. The Kier molecular flexibility index (Phi) is 5.52. The largest absolute Gasteiger partial charge is 0.237 e. The second kappa shape index (κ2) is 7.17. The van der Waals surface area contributed by atoms with Crippen LogP contribution in [-0.2, 0) is 23.1 Å². The second-order valence-electron chi connectivity index (χ2n) is 4.72. The molecule has 0 aliphatic rings. The van der Waals surface area contributed by atoms with Gasteiger partial charge in [0, 0.05) is 11.0 Å². The van der Waals surface area contributed by atoms with Gasteiger partial charge in [0.15, 0.2) is 0 Å². The van der Waals surface area contributed by atoms with Gasteiger partial charge in [0.05, 0.1) is 12.8 Å². The third kappa shape index (κ3) is 5.24. The molecule has 112 valence electrons. The lowest BCUT2D eigenvalue weighted by atomic mass is 10.2. The minimum Gasteiger partial charge on any atom is -0.237 e. The Morgan fingerprint density at radius 2 is 1.62 bits per heavy atom. The number of rotatable bonds is 6. The molecule has 0 amide bonds. The first-order chi connectivity index (χ1) is 9.95. The van der Waals surface area contributed by atoms with Crippen LogP contribution in [0.3, 0.4) is 0 Å². The maximum absolute atomic E-state index is 11.9. The molecular weight excluding hydrogens is 352 g/mol. The van der Waals surface area contributed by atoms with E-state index in [1.807, 2.05) is 54.6 Å². The fourth-order valence-electron chi connectivity index (χ4n) is 1.82. The number of sulfonamides is 1. The molecule has 1 N–H and O–H groups in total. The summed E-state index contributed by atoms with van der Waals surface area (Å²) in [5.41, 5.74) is 4.92. The first-order valence-corrected chi connectivity index (χ1v) is 9.09. The maximum atomic E-state index is 11.9. The molecular formula is C15H17BrN2O2S. The lowest BCUT2D eigenvalue weighted by molar-refractivity contribution is 0.308.